The Bertz CT molecular complexity index is 727. The van der Waals surface area contributed by atoms with Gasteiger partial charge in [0.2, 0.25) is 0 Å². The summed E-state index contributed by atoms with van der Waals surface area (Å²) in [6, 6.07) is 13.5. The van der Waals surface area contributed by atoms with Crippen molar-refractivity contribution in [1.29, 1.82) is 5.26 Å². The van der Waals surface area contributed by atoms with Crippen LogP contribution in [0.15, 0.2) is 36.4 Å². The van der Waals surface area contributed by atoms with Crippen LogP contribution in [-0.2, 0) is 16.1 Å². The van der Waals surface area contributed by atoms with Gasteiger partial charge in [-0.1, -0.05) is 30.3 Å². The average Bonchev–Trinajstić information content (AvgIpc) is 2.97. The fraction of sp³-hybridized carbons (Fsp3) is 0.353. The molecular weight excluding hydrogens is 294 g/mol. The highest BCUT2D eigenvalue weighted by Crippen LogP contribution is 2.35. The number of carbonyl (C=O) groups excluding carboxylic acids is 1. The molecule has 1 aliphatic rings. The molecule has 0 spiro atoms. The van der Waals surface area contributed by atoms with Gasteiger partial charge in [-0.15, -0.1) is 0 Å². The summed E-state index contributed by atoms with van der Waals surface area (Å²) >= 11 is 0. The first-order chi connectivity index (χ1) is 11.2. The van der Waals surface area contributed by atoms with Crippen molar-refractivity contribution in [2.75, 3.05) is 7.11 Å². The standard InChI is InChI=1S/C17H17N3O3/c1-22-17(21)16-7-13(10-18)19-20(16)14-8-15(9-14)23-11-12-5-3-2-4-6-12/h2-7,14-15H,8-9,11H2,1H3/t14-,15-. The largest absolute Gasteiger partial charge is 0.464 e. The highest BCUT2D eigenvalue weighted by atomic mass is 16.5. The van der Waals surface area contributed by atoms with Crippen molar-refractivity contribution in [2.24, 2.45) is 0 Å². The second-order valence-corrected chi connectivity index (χ2v) is 5.51. The van der Waals surface area contributed by atoms with Gasteiger partial charge in [-0.25, -0.2) is 4.79 Å². The number of hydrogen-bond donors (Lipinski definition) is 0. The monoisotopic (exact) mass is 311 g/mol. The molecule has 1 heterocycles. The number of aromatic nitrogens is 2. The normalized spacial score (nSPS) is 19.7. The molecule has 0 radical (unpaired) electrons. The van der Waals surface area contributed by atoms with E-state index in [2.05, 4.69) is 5.10 Å². The number of carbonyl (C=O) groups is 1. The minimum absolute atomic E-state index is 0.0620. The topological polar surface area (TPSA) is 77.1 Å². The molecule has 2 aromatic rings. The number of esters is 1. The molecule has 23 heavy (non-hydrogen) atoms. The van der Waals surface area contributed by atoms with Crippen LogP contribution >= 0.6 is 0 Å². The average molecular weight is 311 g/mol. The maximum atomic E-state index is 11.8. The van der Waals surface area contributed by atoms with E-state index < -0.39 is 5.97 Å². The van der Waals surface area contributed by atoms with Crippen LogP contribution in [0.25, 0.3) is 0 Å². The van der Waals surface area contributed by atoms with E-state index in [1.54, 1.807) is 4.68 Å². The minimum Gasteiger partial charge on any atom is -0.464 e. The molecule has 0 N–H and O–H groups in total. The molecule has 1 aliphatic carbocycles. The van der Waals surface area contributed by atoms with Crippen LogP contribution < -0.4 is 0 Å². The molecule has 3 rings (SSSR count). The second kappa shape index (κ2) is 6.63. The van der Waals surface area contributed by atoms with Crippen molar-refractivity contribution in [3.63, 3.8) is 0 Å². The first-order valence-electron chi connectivity index (χ1n) is 7.44. The van der Waals surface area contributed by atoms with E-state index in [1.165, 1.54) is 13.2 Å². The summed E-state index contributed by atoms with van der Waals surface area (Å²) in [4.78, 5) is 11.8. The number of benzene rings is 1. The third-order valence-electron chi connectivity index (χ3n) is 3.99. The predicted octanol–water partition coefficient (Wildman–Crippen LogP) is 2.46. The zero-order valence-corrected chi connectivity index (χ0v) is 12.8. The molecule has 1 saturated carbocycles. The molecule has 0 saturated heterocycles. The highest BCUT2D eigenvalue weighted by Gasteiger charge is 2.34. The lowest BCUT2D eigenvalue weighted by molar-refractivity contribution is -0.0391. The van der Waals surface area contributed by atoms with Crippen molar-refractivity contribution in [3.8, 4) is 6.07 Å². The highest BCUT2D eigenvalue weighted by molar-refractivity contribution is 5.87. The fourth-order valence-electron chi connectivity index (χ4n) is 2.65. The van der Waals surface area contributed by atoms with Crippen molar-refractivity contribution in [3.05, 3.63) is 53.3 Å². The minimum atomic E-state index is -0.479. The van der Waals surface area contributed by atoms with E-state index >= 15 is 0 Å². The molecule has 0 bridgehead atoms. The molecule has 0 atom stereocenters. The first-order valence-corrected chi connectivity index (χ1v) is 7.44. The lowest BCUT2D eigenvalue weighted by atomic mass is 9.89. The third-order valence-corrected chi connectivity index (χ3v) is 3.99. The van der Waals surface area contributed by atoms with E-state index in [0.717, 1.165) is 18.4 Å². The zero-order valence-electron chi connectivity index (χ0n) is 12.8. The van der Waals surface area contributed by atoms with Gasteiger partial charge < -0.3 is 9.47 Å². The Balaban J connectivity index is 1.60. The van der Waals surface area contributed by atoms with E-state index in [9.17, 15) is 4.79 Å². The molecule has 6 heteroatoms. The number of ether oxygens (including phenoxy) is 2. The van der Waals surface area contributed by atoms with Gasteiger partial charge in [0.25, 0.3) is 0 Å². The molecule has 6 nitrogen and oxygen atoms in total. The molecule has 1 aromatic heterocycles. The lowest BCUT2D eigenvalue weighted by Crippen LogP contribution is -2.35. The Kier molecular flexibility index (Phi) is 4.40. The van der Waals surface area contributed by atoms with Gasteiger partial charge in [-0.05, 0) is 18.4 Å². The molecule has 0 unspecified atom stereocenters. The van der Waals surface area contributed by atoms with Gasteiger partial charge in [0.05, 0.1) is 25.9 Å². The van der Waals surface area contributed by atoms with E-state index in [4.69, 9.17) is 14.7 Å². The summed E-state index contributed by atoms with van der Waals surface area (Å²) in [6.07, 6.45) is 1.67. The molecule has 0 amide bonds. The third kappa shape index (κ3) is 3.25. The number of nitriles is 1. The maximum Gasteiger partial charge on any atom is 0.356 e. The summed E-state index contributed by atoms with van der Waals surface area (Å²) < 4.78 is 12.2. The second-order valence-electron chi connectivity index (χ2n) is 5.51. The van der Waals surface area contributed by atoms with Crippen LogP contribution in [0.3, 0.4) is 0 Å². The van der Waals surface area contributed by atoms with E-state index in [0.29, 0.717) is 12.3 Å². The molecule has 118 valence electrons. The van der Waals surface area contributed by atoms with Crippen LogP contribution in [0, 0.1) is 11.3 Å². The van der Waals surface area contributed by atoms with Crippen LogP contribution in [0.5, 0.6) is 0 Å². The summed E-state index contributed by atoms with van der Waals surface area (Å²) in [5, 5.41) is 13.1. The van der Waals surface area contributed by atoms with Crippen molar-refractivity contribution in [2.45, 2.75) is 31.6 Å². The smallest absolute Gasteiger partial charge is 0.356 e. The SMILES string of the molecule is COC(=O)c1cc(C#N)nn1[C@H]1C[C@H](OCc2ccccc2)C1. The van der Waals surface area contributed by atoms with Crippen LogP contribution in [0.1, 0.15) is 40.6 Å². The predicted molar refractivity (Wildman–Crippen MR) is 81.6 cm³/mol. The Hall–Kier alpha value is -2.65. The first kappa shape index (κ1) is 15.3. The van der Waals surface area contributed by atoms with Gasteiger partial charge in [0.1, 0.15) is 11.8 Å². The van der Waals surface area contributed by atoms with Crippen molar-refractivity contribution in [1.82, 2.24) is 9.78 Å². The Morgan fingerprint density at radius 3 is 2.78 bits per heavy atom. The molecular formula is C17H17N3O3. The number of methoxy groups -OCH3 is 1. The Morgan fingerprint density at radius 2 is 2.13 bits per heavy atom. The van der Waals surface area contributed by atoms with Crippen molar-refractivity contribution >= 4 is 5.97 Å². The Labute approximate surface area is 134 Å². The van der Waals surface area contributed by atoms with Gasteiger partial charge in [0.15, 0.2) is 5.69 Å². The summed E-state index contributed by atoms with van der Waals surface area (Å²) in [5.74, 6) is -0.479. The van der Waals surface area contributed by atoms with Gasteiger partial charge in [0, 0.05) is 6.07 Å². The van der Waals surface area contributed by atoms with E-state index in [1.807, 2.05) is 36.4 Å². The van der Waals surface area contributed by atoms with Crippen LogP contribution in [0.2, 0.25) is 0 Å². The van der Waals surface area contributed by atoms with Crippen LogP contribution in [-0.4, -0.2) is 29.0 Å². The quantitative estimate of drug-likeness (QED) is 0.793. The lowest BCUT2D eigenvalue weighted by Gasteiger charge is -2.35. The zero-order chi connectivity index (χ0) is 16.2. The number of nitrogens with zero attached hydrogens (tertiary/aromatic N) is 3. The maximum absolute atomic E-state index is 11.8. The fourth-order valence-corrected chi connectivity index (χ4v) is 2.65. The molecule has 0 aliphatic heterocycles. The summed E-state index contributed by atoms with van der Waals surface area (Å²) in [5.41, 5.74) is 1.67. The van der Waals surface area contributed by atoms with Crippen molar-refractivity contribution < 1.29 is 14.3 Å². The molecule has 1 aromatic carbocycles. The molecule has 1 fully saturated rings. The Morgan fingerprint density at radius 1 is 1.39 bits per heavy atom. The number of hydrogen-bond acceptors (Lipinski definition) is 5. The van der Waals surface area contributed by atoms with Gasteiger partial charge in [-0.2, -0.15) is 10.4 Å². The van der Waals surface area contributed by atoms with E-state index in [-0.39, 0.29) is 17.8 Å². The summed E-state index contributed by atoms with van der Waals surface area (Å²) in [6.45, 7) is 0.574. The van der Waals surface area contributed by atoms with Crippen LogP contribution in [0.4, 0.5) is 0 Å². The number of rotatable bonds is 5. The van der Waals surface area contributed by atoms with Gasteiger partial charge in [-0.3, -0.25) is 4.68 Å². The van der Waals surface area contributed by atoms with Gasteiger partial charge >= 0.3 is 5.97 Å². The summed E-state index contributed by atoms with van der Waals surface area (Å²) in [7, 11) is 1.32.